The highest BCUT2D eigenvalue weighted by Gasteiger charge is 2.13. The first-order valence-corrected chi connectivity index (χ1v) is 6.38. The summed E-state index contributed by atoms with van der Waals surface area (Å²) in [6, 6.07) is 6.98. The molecule has 4 nitrogen and oxygen atoms in total. The number of fused-ring (bicyclic) bond motifs is 1. The van der Waals surface area contributed by atoms with E-state index in [2.05, 4.69) is 9.97 Å². The Morgan fingerprint density at radius 2 is 1.87 bits per heavy atom. The molecule has 1 heterocycles. The second kappa shape index (κ2) is 3.43. The summed E-state index contributed by atoms with van der Waals surface area (Å²) in [5.41, 5.74) is 0.526. The topological polar surface area (TPSA) is 59.9 Å². The van der Waals surface area contributed by atoms with Crippen molar-refractivity contribution < 1.29 is 8.42 Å². The highest BCUT2D eigenvalue weighted by molar-refractivity contribution is 7.90. The Morgan fingerprint density at radius 1 is 1.20 bits per heavy atom. The van der Waals surface area contributed by atoms with Gasteiger partial charge >= 0.3 is 0 Å². The van der Waals surface area contributed by atoms with Gasteiger partial charge in [0, 0.05) is 11.6 Å². The van der Waals surface area contributed by atoms with Crippen LogP contribution in [0.25, 0.3) is 10.9 Å². The summed E-state index contributed by atoms with van der Waals surface area (Å²) in [5.74, 6) is 0. The summed E-state index contributed by atoms with van der Waals surface area (Å²) < 4.78 is 22.5. The van der Waals surface area contributed by atoms with E-state index in [9.17, 15) is 8.42 Å². The molecule has 0 N–H and O–H groups in total. The van der Waals surface area contributed by atoms with Crippen LogP contribution >= 0.6 is 11.6 Å². The first-order valence-electron chi connectivity index (χ1n) is 4.11. The summed E-state index contributed by atoms with van der Waals surface area (Å²) in [5, 5.41) is 0.554. The van der Waals surface area contributed by atoms with Crippen molar-refractivity contribution in [3.63, 3.8) is 0 Å². The van der Waals surface area contributed by atoms with Crippen LogP contribution in [0.1, 0.15) is 0 Å². The van der Waals surface area contributed by atoms with E-state index in [1.54, 1.807) is 24.3 Å². The average molecular weight is 243 g/mol. The maximum Gasteiger partial charge on any atom is 0.248 e. The van der Waals surface area contributed by atoms with Gasteiger partial charge in [0.1, 0.15) is 5.15 Å². The van der Waals surface area contributed by atoms with Crippen LogP contribution in [0.15, 0.2) is 29.4 Å². The molecule has 2 aromatic rings. The van der Waals surface area contributed by atoms with E-state index in [0.29, 0.717) is 10.9 Å². The molecule has 6 heteroatoms. The van der Waals surface area contributed by atoms with Gasteiger partial charge in [-0.25, -0.2) is 18.4 Å². The summed E-state index contributed by atoms with van der Waals surface area (Å²) >= 11 is 5.85. The van der Waals surface area contributed by atoms with Gasteiger partial charge in [-0.05, 0) is 12.1 Å². The van der Waals surface area contributed by atoms with Gasteiger partial charge in [-0.2, -0.15) is 0 Å². The third-order valence-electron chi connectivity index (χ3n) is 1.87. The lowest BCUT2D eigenvalue weighted by molar-refractivity contribution is 0.594. The highest BCUT2D eigenvalue weighted by Crippen LogP contribution is 2.21. The summed E-state index contributed by atoms with van der Waals surface area (Å²) in [6.07, 6.45) is 1.05. The molecule has 1 aromatic carbocycles. The van der Waals surface area contributed by atoms with Crippen LogP contribution < -0.4 is 0 Å². The number of sulfone groups is 1. The molecule has 2 rings (SSSR count). The fourth-order valence-corrected chi connectivity index (χ4v) is 1.99. The van der Waals surface area contributed by atoms with E-state index in [1.165, 1.54) is 0 Å². The standard InChI is InChI=1S/C9H7ClN2O2S/c1-15(13,14)9-11-7-5-3-2-4-6(7)8(10)12-9/h2-5H,1H3. The van der Waals surface area contributed by atoms with Crippen molar-refractivity contribution in [2.24, 2.45) is 0 Å². The van der Waals surface area contributed by atoms with Crippen LogP contribution in [0.5, 0.6) is 0 Å². The van der Waals surface area contributed by atoms with E-state index >= 15 is 0 Å². The molecule has 0 saturated heterocycles. The Morgan fingerprint density at radius 3 is 2.53 bits per heavy atom. The molecule has 78 valence electrons. The van der Waals surface area contributed by atoms with E-state index in [4.69, 9.17) is 11.6 Å². The smallest absolute Gasteiger partial charge is 0.221 e. The number of halogens is 1. The number of hydrogen-bond donors (Lipinski definition) is 0. The van der Waals surface area contributed by atoms with Crippen molar-refractivity contribution in [1.82, 2.24) is 9.97 Å². The van der Waals surface area contributed by atoms with Crippen molar-refractivity contribution in [3.05, 3.63) is 29.4 Å². The quantitative estimate of drug-likeness (QED) is 0.564. The molecule has 0 aliphatic rings. The molecule has 0 radical (unpaired) electrons. The molecule has 0 bridgehead atoms. The van der Waals surface area contributed by atoms with Crippen molar-refractivity contribution in [2.75, 3.05) is 6.26 Å². The third-order valence-corrected chi connectivity index (χ3v) is 3.00. The van der Waals surface area contributed by atoms with Gasteiger partial charge in [0.25, 0.3) is 0 Å². The average Bonchev–Trinajstić information content (AvgIpc) is 2.16. The third kappa shape index (κ3) is 1.93. The molecule has 0 aliphatic heterocycles. The molecule has 0 fully saturated rings. The monoisotopic (exact) mass is 242 g/mol. The number of rotatable bonds is 1. The lowest BCUT2D eigenvalue weighted by Crippen LogP contribution is -2.04. The maximum absolute atomic E-state index is 11.2. The number of hydrogen-bond acceptors (Lipinski definition) is 4. The molecule has 0 unspecified atom stereocenters. The summed E-state index contributed by atoms with van der Waals surface area (Å²) in [4.78, 5) is 7.66. The highest BCUT2D eigenvalue weighted by atomic mass is 35.5. The number of aromatic nitrogens is 2. The van der Waals surface area contributed by atoms with Gasteiger partial charge in [0.15, 0.2) is 0 Å². The predicted molar refractivity (Wildman–Crippen MR) is 57.7 cm³/mol. The summed E-state index contributed by atoms with van der Waals surface area (Å²) in [7, 11) is -3.42. The molecular weight excluding hydrogens is 236 g/mol. The van der Waals surface area contributed by atoms with Crippen LogP contribution in [0, 0.1) is 0 Å². The van der Waals surface area contributed by atoms with Crippen LogP contribution in [-0.2, 0) is 9.84 Å². The molecular formula is C9H7ClN2O2S. The van der Waals surface area contributed by atoms with Crippen molar-refractivity contribution in [1.29, 1.82) is 0 Å². The van der Waals surface area contributed by atoms with Gasteiger partial charge in [-0.1, -0.05) is 23.7 Å². The molecule has 0 spiro atoms. The zero-order chi connectivity index (χ0) is 11.1. The lowest BCUT2D eigenvalue weighted by atomic mass is 10.2. The minimum atomic E-state index is -3.42. The molecule has 0 atom stereocenters. The molecule has 0 amide bonds. The Kier molecular flexibility index (Phi) is 2.36. The SMILES string of the molecule is CS(=O)(=O)c1nc(Cl)c2ccccc2n1. The zero-order valence-electron chi connectivity index (χ0n) is 7.81. The van der Waals surface area contributed by atoms with Gasteiger partial charge < -0.3 is 0 Å². The zero-order valence-corrected chi connectivity index (χ0v) is 9.38. The molecule has 0 saturated carbocycles. The predicted octanol–water partition coefficient (Wildman–Crippen LogP) is 1.69. The van der Waals surface area contributed by atoms with E-state index in [-0.39, 0.29) is 10.3 Å². The Bertz CT molecular complexity index is 625. The minimum absolute atomic E-state index is 0.154. The second-order valence-corrected chi connectivity index (χ2v) is 5.35. The van der Waals surface area contributed by atoms with E-state index < -0.39 is 9.84 Å². The van der Waals surface area contributed by atoms with Crippen LogP contribution in [0.3, 0.4) is 0 Å². The van der Waals surface area contributed by atoms with Crippen molar-refractivity contribution >= 4 is 32.3 Å². The minimum Gasteiger partial charge on any atom is -0.221 e. The van der Waals surface area contributed by atoms with Crippen molar-refractivity contribution in [3.8, 4) is 0 Å². The lowest BCUT2D eigenvalue weighted by Gasteiger charge is -2.01. The summed E-state index contributed by atoms with van der Waals surface area (Å²) in [6.45, 7) is 0. The van der Waals surface area contributed by atoms with E-state index in [1.807, 2.05) is 0 Å². The fraction of sp³-hybridized carbons (Fsp3) is 0.111. The van der Waals surface area contributed by atoms with Crippen LogP contribution in [0.2, 0.25) is 5.15 Å². The van der Waals surface area contributed by atoms with Gasteiger partial charge in [-0.3, -0.25) is 0 Å². The van der Waals surface area contributed by atoms with Gasteiger partial charge in [0.2, 0.25) is 15.0 Å². The van der Waals surface area contributed by atoms with Gasteiger partial charge in [-0.15, -0.1) is 0 Å². The van der Waals surface area contributed by atoms with Crippen LogP contribution in [-0.4, -0.2) is 24.6 Å². The van der Waals surface area contributed by atoms with Crippen LogP contribution in [0.4, 0.5) is 0 Å². The van der Waals surface area contributed by atoms with Gasteiger partial charge in [0.05, 0.1) is 5.52 Å². The normalized spacial score (nSPS) is 11.9. The second-order valence-electron chi connectivity index (χ2n) is 3.09. The Balaban J connectivity index is 2.85. The van der Waals surface area contributed by atoms with E-state index in [0.717, 1.165) is 6.26 Å². The first-order chi connectivity index (χ1) is 6.98. The largest absolute Gasteiger partial charge is 0.248 e. The maximum atomic E-state index is 11.2. The Hall–Kier alpha value is -1.20. The molecule has 0 aliphatic carbocycles. The fourth-order valence-electron chi connectivity index (χ4n) is 1.18. The van der Waals surface area contributed by atoms with Crippen molar-refractivity contribution in [2.45, 2.75) is 5.16 Å². The molecule has 1 aromatic heterocycles. The first kappa shape index (κ1) is 10.3. The number of benzene rings is 1. The Labute approximate surface area is 91.8 Å². The molecule has 15 heavy (non-hydrogen) atoms. The number of para-hydroxylation sites is 1. The number of nitrogens with zero attached hydrogens (tertiary/aromatic N) is 2.